The van der Waals surface area contributed by atoms with Crippen molar-refractivity contribution in [2.75, 3.05) is 0 Å². The van der Waals surface area contributed by atoms with Crippen molar-refractivity contribution in [3.05, 3.63) is 48.0 Å². The summed E-state index contributed by atoms with van der Waals surface area (Å²) in [5.74, 6) is 0. The van der Waals surface area contributed by atoms with Gasteiger partial charge in [0.1, 0.15) is 0 Å². The van der Waals surface area contributed by atoms with E-state index in [0.717, 1.165) is 22.6 Å². The van der Waals surface area contributed by atoms with Crippen molar-refractivity contribution in [2.45, 2.75) is 0 Å². The van der Waals surface area contributed by atoms with Crippen LogP contribution in [0.3, 0.4) is 0 Å². The normalized spacial score (nSPS) is 9.23. The number of carbonyl (C=O) groups is 1. The molecule has 0 N–H and O–H groups in total. The van der Waals surface area contributed by atoms with E-state index in [1.807, 2.05) is 42.5 Å². The molecular weight excluding hydrogens is 155 g/mol. The van der Waals surface area contributed by atoms with E-state index >= 15 is 0 Å². The summed E-state index contributed by atoms with van der Waals surface area (Å²) < 4.78 is 0. The van der Waals surface area contributed by atoms with Gasteiger partial charge in [0.05, 0.1) is 0 Å². The predicted molar refractivity (Wildman–Crippen MR) is 56.5 cm³/mol. The second kappa shape index (κ2) is 4.27. The van der Waals surface area contributed by atoms with Gasteiger partial charge in [0, 0.05) is 5.56 Å². The second-order valence-electron chi connectivity index (χ2n) is 2.69. The van der Waals surface area contributed by atoms with Crippen LogP contribution in [0.1, 0.15) is 10.4 Å². The van der Waals surface area contributed by atoms with Gasteiger partial charge < -0.3 is 0 Å². The number of benzene rings is 2. The summed E-state index contributed by atoms with van der Waals surface area (Å²) in [6.45, 7) is 0. The van der Waals surface area contributed by atoms with Gasteiger partial charge in [-0.15, -0.1) is 0 Å². The van der Waals surface area contributed by atoms with Crippen LogP contribution in [0, 0.1) is 0 Å². The van der Waals surface area contributed by atoms with Crippen LogP contribution in [0.5, 0.6) is 0 Å². The zero-order valence-electron chi connectivity index (χ0n) is 6.53. The molecule has 0 aliphatic carbocycles. The van der Waals surface area contributed by atoms with Crippen LogP contribution in [-0.2, 0) is 0 Å². The summed E-state index contributed by atoms with van der Waals surface area (Å²) in [5.41, 5.74) is 0.758. The van der Waals surface area contributed by atoms with Crippen LogP contribution in [0.25, 0.3) is 10.8 Å². The van der Waals surface area contributed by atoms with Gasteiger partial charge in [-0.1, -0.05) is 42.5 Å². The molecule has 0 aliphatic heterocycles. The van der Waals surface area contributed by atoms with Crippen LogP contribution in [-0.4, -0.2) is 25.1 Å². The van der Waals surface area contributed by atoms with Crippen molar-refractivity contribution in [1.82, 2.24) is 0 Å². The molecule has 13 heavy (non-hydrogen) atoms. The molecule has 0 aliphatic rings. The van der Waals surface area contributed by atoms with E-state index in [2.05, 4.69) is 0 Å². The van der Waals surface area contributed by atoms with Crippen molar-refractivity contribution in [2.24, 2.45) is 0 Å². The van der Waals surface area contributed by atoms with Gasteiger partial charge in [0.25, 0.3) is 0 Å². The number of hydrogen-bond donors (Lipinski definition) is 0. The Morgan fingerprint density at radius 2 is 1.62 bits per heavy atom. The van der Waals surface area contributed by atoms with Crippen molar-refractivity contribution >= 4 is 35.9 Å². The Morgan fingerprint density at radius 3 is 2.38 bits per heavy atom. The van der Waals surface area contributed by atoms with Gasteiger partial charge in [0.15, 0.2) is 6.29 Å². The number of hydrogen-bond acceptors (Lipinski definition) is 1. The predicted octanol–water partition coefficient (Wildman–Crippen LogP) is 2.00. The van der Waals surface area contributed by atoms with E-state index in [1.54, 1.807) is 0 Å². The molecular formula is C11H9LiO. The SMILES string of the molecule is O=Cc1cccc2ccccc12.[LiH]. The molecule has 0 heterocycles. The van der Waals surface area contributed by atoms with E-state index in [9.17, 15) is 4.79 Å². The minimum absolute atomic E-state index is 0. The molecule has 60 valence electrons. The Kier molecular flexibility index (Phi) is 3.30. The molecule has 0 atom stereocenters. The fraction of sp³-hybridized carbons (Fsp3) is 0. The third-order valence-electron chi connectivity index (χ3n) is 1.95. The van der Waals surface area contributed by atoms with Gasteiger partial charge in [-0.3, -0.25) is 4.79 Å². The van der Waals surface area contributed by atoms with Crippen molar-refractivity contribution in [3.63, 3.8) is 0 Å². The molecule has 2 heteroatoms. The zero-order valence-corrected chi connectivity index (χ0v) is 6.53. The van der Waals surface area contributed by atoms with E-state index < -0.39 is 0 Å². The average molecular weight is 164 g/mol. The molecule has 0 spiro atoms. The molecule has 0 unspecified atom stereocenters. The van der Waals surface area contributed by atoms with E-state index in [1.165, 1.54) is 0 Å². The van der Waals surface area contributed by atoms with Crippen molar-refractivity contribution in [3.8, 4) is 0 Å². The molecule has 0 aromatic heterocycles. The summed E-state index contributed by atoms with van der Waals surface area (Å²) in [6, 6.07) is 13.6. The third-order valence-corrected chi connectivity index (χ3v) is 1.95. The van der Waals surface area contributed by atoms with Gasteiger partial charge in [-0.05, 0) is 10.8 Å². The zero-order chi connectivity index (χ0) is 8.39. The number of aldehydes is 1. The Morgan fingerprint density at radius 1 is 0.923 bits per heavy atom. The molecule has 1 nitrogen and oxygen atoms in total. The molecule has 0 radical (unpaired) electrons. The maximum absolute atomic E-state index is 10.6. The average Bonchev–Trinajstić information content (AvgIpc) is 2.17. The molecule has 2 aromatic rings. The Bertz CT molecular complexity index is 418. The first-order valence-electron chi connectivity index (χ1n) is 3.85. The van der Waals surface area contributed by atoms with Crippen LogP contribution in [0.15, 0.2) is 42.5 Å². The quantitative estimate of drug-likeness (QED) is 0.465. The maximum atomic E-state index is 10.6. The molecule has 0 saturated heterocycles. The Balaban J connectivity index is 0.000000845. The summed E-state index contributed by atoms with van der Waals surface area (Å²) >= 11 is 0. The number of rotatable bonds is 1. The minimum atomic E-state index is 0. The summed E-state index contributed by atoms with van der Waals surface area (Å²) in [5, 5.41) is 2.14. The third kappa shape index (κ3) is 1.83. The summed E-state index contributed by atoms with van der Waals surface area (Å²) in [6.07, 6.45) is 0.891. The van der Waals surface area contributed by atoms with Gasteiger partial charge in [-0.25, -0.2) is 0 Å². The Hall–Kier alpha value is -1.03. The van der Waals surface area contributed by atoms with Crippen molar-refractivity contribution in [1.29, 1.82) is 0 Å². The molecule has 2 aromatic carbocycles. The topological polar surface area (TPSA) is 17.1 Å². The monoisotopic (exact) mass is 164 g/mol. The number of fused-ring (bicyclic) bond motifs is 1. The van der Waals surface area contributed by atoms with E-state index in [0.29, 0.717) is 0 Å². The molecule has 2 rings (SSSR count). The Labute approximate surface area is 88.9 Å². The van der Waals surface area contributed by atoms with Gasteiger partial charge in [0.2, 0.25) is 0 Å². The van der Waals surface area contributed by atoms with Crippen LogP contribution in [0.2, 0.25) is 0 Å². The molecule has 0 bridgehead atoms. The van der Waals surface area contributed by atoms with Crippen LogP contribution < -0.4 is 0 Å². The fourth-order valence-electron chi connectivity index (χ4n) is 1.35. The fourth-order valence-corrected chi connectivity index (χ4v) is 1.35. The van der Waals surface area contributed by atoms with Gasteiger partial charge in [-0.2, -0.15) is 0 Å². The standard InChI is InChI=1S/C11H8O.Li.H/c12-8-10-6-3-5-9-4-1-2-7-11(9)10;;/h1-8H;;. The van der Waals surface area contributed by atoms with Gasteiger partial charge >= 0.3 is 18.9 Å². The van der Waals surface area contributed by atoms with Crippen molar-refractivity contribution < 1.29 is 4.79 Å². The van der Waals surface area contributed by atoms with Crippen LogP contribution in [0.4, 0.5) is 0 Å². The number of carbonyl (C=O) groups excluding carboxylic acids is 1. The molecule has 0 saturated carbocycles. The van der Waals surface area contributed by atoms with E-state index in [-0.39, 0.29) is 18.9 Å². The molecule has 0 amide bonds. The van der Waals surface area contributed by atoms with Crippen LogP contribution >= 0.6 is 0 Å². The first-order valence-corrected chi connectivity index (χ1v) is 3.85. The summed E-state index contributed by atoms with van der Waals surface area (Å²) in [7, 11) is 0. The van der Waals surface area contributed by atoms with E-state index in [4.69, 9.17) is 0 Å². The first kappa shape index (κ1) is 10.1. The summed E-state index contributed by atoms with van der Waals surface area (Å²) in [4.78, 5) is 10.6. The molecule has 0 fully saturated rings. The second-order valence-corrected chi connectivity index (χ2v) is 2.69. The first-order chi connectivity index (χ1) is 5.92.